The summed E-state index contributed by atoms with van der Waals surface area (Å²) in [6, 6.07) is 2.02. The van der Waals surface area contributed by atoms with E-state index in [9.17, 15) is 0 Å². The van der Waals surface area contributed by atoms with Gasteiger partial charge >= 0.3 is 0 Å². The van der Waals surface area contributed by atoms with E-state index < -0.39 is 0 Å². The van der Waals surface area contributed by atoms with Crippen LogP contribution in [0.1, 0.15) is 6.42 Å². The molecule has 0 aromatic carbocycles. The van der Waals surface area contributed by atoms with Crippen LogP contribution in [-0.4, -0.2) is 18.3 Å². The summed E-state index contributed by atoms with van der Waals surface area (Å²) in [5.74, 6) is 0. The summed E-state index contributed by atoms with van der Waals surface area (Å²) in [5.41, 5.74) is 0. The van der Waals surface area contributed by atoms with Crippen molar-refractivity contribution in [2.24, 2.45) is 4.99 Å². The molecule has 0 radical (unpaired) electrons. The first kappa shape index (κ1) is 7.51. The van der Waals surface area contributed by atoms with E-state index in [2.05, 4.69) is 4.99 Å². The molecule has 0 bridgehead atoms. The number of thioether (sulfide) groups is 1. The van der Waals surface area contributed by atoms with E-state index in [1.807, 2.05) is 12.3 Å². The molecule has 2 nitrogen and oxygen atoms in total. The van der Waals surface area contributed by atoms with E-state index in [4.69, 9.17) is 5.26 Å². The fourth-order valence-electron chi connectivity index (χ4n) is 0.310. The Hall–Kier alpha value is -0.490. The fourth-order valence-corrected chi connectivity index (χ4v) is 0.702. The number of nitriles is 1. The molecule has 0 heterocycles. The van der Waals surface area contributed by atoms with Gasteiger partial charge in [0.2, 0.25) is 0 Å². The van der Waals surface area contributed by atoms with Crippen molar-refractivity contribution in [2.45, 2.75) is 6.42 Å². The molecule has 0 N–H and O–H groups in total. The van der Waals surface area contributed by atoms with Crippen molar-refractivity contribution in [1.82, 2.24) is 0 Å². The third-order valence-electron chi connectivity index (χ3n) is 0.715. The number of aliphatic imine (C=N–C) groups is 1. The van der Waals surface area contributed by atoms with Crippen molar-refractivity contribution in [1.29, 1.82) is 5.26 Å². The van der Waals surface area contributed by atoms with Crippen LogP contribution in [0.4, 0.5) is 0 Å². The monoisotopic (exact) mass is 128 g/mol. The lowest BCUT2D eigenvalue weighted by atomic mass is 10.5. The minimum absolute atomic E-state index is 0.442. The van der Waals surface area contributed by atoms with Crippen LogP contribution < -0.4 is 0 Å². The zero-order chi connectivity index (χ0) is 6.41. The molecule has 0 fully saturated rings. The van der Waals surface area contributed by atoms with E-state index in [1.165, 1.54) is 11.8 Å². The summed E-state index contributed by atoms with van der Waals surface area (Å²) in [6.45, 7) is 0. The third-order valence-corrected chi connectivity index (χ3v) is 1.51. The topological polar surface area (TPSA) is 36.1 Å². The van der Waals surface area contributed by atoms with Crippen LogP contribution in [0.3, 0.4) is 0 Å². The lowest BCUT2D eigenvalue weighted by molar-refractivity contribution is 1.37. The zero-order valence-corrected chi connectivity index (χ0v) is 5.83. The van der Waals surface area contributed by atoms with Crippen molar-refractivity contribution in [3.63, 3.8) is 0 Å². The van der Waals surface area contributed by atoms with Gasteiger partial charge in [-0.15, -0.1) is 11.8 Å². The van der Waals surface area contributed by atoms with Crippen molar-refractivity contribution in [3.05, 3.63) is 0 Å². The van der Waals surface area contributed by atoms with Crippen LogP contribution in [0.15, 0.2) is 4.99 Å². The molecule has 0 aliphatic carbocycles. The zero-order valence-electron chi connectivity index (χ0n) is 5.01. The van der Waals surface area contributed by atoms with E-state index in [-0.39, 0.29) is 0 Å². The highest BCUT2D eigenvalue weighted by Crippen LogP contribution is 1.99. The SMILES string of the molecule is CN=C(CC#N)SC. The summed E-state index contributed by atoms with van der Waals surface area (Å²) in [5, 5.41) is 9.05. The highest BCUT2D eigenvalue weighted by atomic mass is 32.2. The van der Waals surface area contributed by atoms with Crippen LogP contribution in [0.2, 0.25) is 0 Å². The van der Waals surface area contributed by atoms with Gasteiger partial charge in [-0.2, -0.15) is 5.26 Å². The molecule has 0 aliphatic heterocycles. The molecule has 44 valence electrons. The Morgan fingerprint density at radius 3 is 2.62 bits per heavy atom. The largest absolute Gasteiger partial charge is 0.285 e. The summed E-state index contributed by atoms with van der Waals surface area (Å²) < 4.78 is 0. The van der Waals surface area contributed by atoms with Gasteiger partial charge < -0.3 is 0 Å². The van der Waals surface area contributed by atoms with Gasteiger partial charge in [0.25, 0.3) is 0 Å². The molecule has 0 saturated heterocycles. The quantitative estimate of drug-likeness (QED) is 0.394. The molecule has 0 aromatic heterocycles. The molecule has 0 aromatic rings. The maximum absolute atomic E-state index is 8.15. The Kier molecular flexibility index (Phi) is 4.38. The van der Waals surface area contributed by atoms with Crippen molar-refractivity contribution in [2.75, 3.05) is 13.3 Å². The van der Waals surface area contributed by atoms with Crippen LogP contribution in [0, 0.1) is 11.3 Å². The van der Waals surface area contributed by atoms with Gasteiger partial charge in [0.15, 0.2) is 0 Å². The third kappa shape index (κ3) is 2.64. The average Bonchev–Trinajstić information content (AvgIpc) is 1.83. The molecular weight excluding hydrogens is 120 g/mol. The highest BCUT2D eigenvalue weighted by Gasteiger charge is 1.89. The van der Waals surface area contributed by atoms with E-state index in [1.54, 1.807) is 7.05 Å². The molecule has 0 atom stereocenters. The van der Waals surface area contributed by atoms with Crippen LogP contribution in [-0.2, 0) is 0 Å². The standard InChI is InChI=1S/C5H8N2S/c1-7-5(8-2)3-4-6/h3H2,1-2H3. The normalized spacial score (nSPS) is 10.9. The molecular formula is C5H8N2S. The molecule has 0 aliphatic rings. The molecule has 8 heavy (non-hydrogen) atoms. The summed E-state index contributed by atoms with van der Waals surface area (Å²) in [6.07, 6.45) is 2.36. The van der Waals surface area contributed by atoms with Crippen LogP contribution >= 0.6 is 11.8 Å². The Balaban J connectivity index is 3.59. The number of hydrogen-bond acceptors (Lipinski definition) is 3. The first-order valence-corrected chi connectivity index (χ1v) is 3.44. The summed E-state index contributed by atoms with van der Waals surface area (Å²) in [7, 11) is 1.70. The maximum atomic E-state index is 8.15. The fraction of sp³-hybridized carbons (Fsp3) is 0.600. The van der Waals surface area contributed by atoms with Crippen LogP contribution in [0.5, 0.6) is 0 Å². The number of rotatable bonds is 1. The smallest absolute Gasteiger partial charge is 0.0831 e. The second-order valence-electron chi connectivity index (χ2n) is 1.16. The molecule has 0 amide bonds. The number of hydrogen-bond donors (Lipinski definition) is 0. The molecule has 0 rings (SSSR count). The Morgan fingerprint density at radius 2 is 2.50 bits per heavy atom. The number of nitrogens with zero attached hydrogens (tertiary/aromatic N) is 2. The lowest BCUT2D eigenvalue weighted by Crippen LogP contribution is -1.86. The molecule has 3 heteroatoms. The predicted molar refractivity (Wildman–Crippen MR) is 37.1 cm³/mol. The van der Waals surface area contributed by atoms with Crippen molar-refractivity contribution < 1.29 is 0 Å². The first-order valence-electron chi connectivity index (χ1n) is 2.21. The molecule has 0 saturated carbocycles. The average molecular weight is 128 g/mol. The summed E-state index contributed by atoms with van der Waals surface area (Å²) >= 11 is 1.52. The predicted octanol–water partition coefficient (Wildman–Crippen LogP) is 1.29. The van der Waals surface area contributed by atoms with Gasteiger partial charge in [-0.1, -0.05) is 0 Å². The van der Waals surface area contributed by atoms with Crippen molar-refractivity contribution in [3.8, 4) is 6.07 Å². The van der Waals surface area contributed by atoms with Gasteiger partial charge in [-0.05, 0) is 6.26 Å². The first-order chi connectivity index (χ1) is 3.85. The minimum Gasteiger partial charge on any atom is -0.285 e. The van der Waals surface area contributed by atoms with Gasteiger partial charge in [0, 0.05) is 7.05 Å². The van der Waals surface area contributed by atoms with Crippen molar-refractivity contribution >= 4 is 16.8 Å². The molecule has 0 unspecified atom stereocenters. The second kappa shape index (κ2) is 4.66. The van der Waals surface area contributed by atoms with E-state index >= 15 is 0 Å². The highest BCUT2D eigenvalue weighted by molar-refractivity contribution is 8.13. The van der Waals surface area contributed by atoms with E-state index in [0.717, 1.165) is 5.04 Å². The minimum atomic E-state index is 0.442. The Labute approximate surface area is 53.6 Å². The lowest BCUT2D eigenvalue weighted by Gasteiger charge is -1.89. The van der Waals surface area contributed by atoms with Gasteiger partial charge in [0.05, 0.1) is 17.5 Å². The van der Waals surface area contributed by atoms with Gasteiger partial charge in [-0.25, -0.2) is 0 Å². The Bertz CT molecular complexity index is 123. The summed E-state index contributed by atoms with van der Waals surface area (Å²) in [4.78, 5) is 3.85. The van der Waals surface area contributed by atoms with E-state index in [0.29, 0.717) is 6.42 Å². The Morgan fingerprint density at radius 1 is 1.88 bits per heavy atom. The van der Waals surface area contributed by atoms with Gasteiger partial charge in [-0.3, -0.25) is 4.99 Å². The maximum Gasteiger partial charge on any atom is 0.0831 e. The van der Waals surface area contributed by atoms with Gasteiger partial charge in [0.1, 0.15) is 0 Å². The second-order valence-corrected chi connectivity index (χ2v) is 2.04. The molecule has 0 spiro atoms. The van der Waals surface area contributed by atoms with Crippen LogP contribution in [0.25, 0.3) is 0 Å².